The molecule has 1 aliphatic rings. The van der Waals surface area contributed by atoms with Crippen LogP contribution in [0.15, 0.2) is 53.7 Å². The van der Waals surface area contributed by atoms with Crippen molar-refractivity contribution in [3.05, 3.63) is 54.1 Å². The maximum atomic E-state index is 13.1. The molecular formula is C23H26N4O2S. The summed E-state index contributed by atoms with van der Waals surface area (Å²) in [6.07, 6.45) is 0.899. The summed E-state index contributed by atoms with van der Waals surface area (Å²) >= 11 is 1.44. The number of methoxy groups -OCH3 is 1. The van der Waals surface area contributed by atoms with E-state index in [1.165, 1.54) is 17.3 Å². The Morgan fingerprint density at radius 3 is 2.60 bits per heavy atom. The van der Waals surface area contributed by atoms with Crippen LogP contribution in [0.2, 0.25) is 0 Å². The molecule has 2 heterocycles. The van der Waals surface area contributed by atoms with Crippen LogP contribution in [0.1, 0.15) is 32.4 Å². The maximum Gasteiger partial charge on any atom is 0.237 e. The number of thioether (sulfide) groups is 1. The summed E-state index contributed by atoms with van der Waals surface area (Å²) in [5, 5.41) is 9.56. The van der Waals surface area contributed by atoms with Crippen molar-refractivity contribution in [3.8, 4) is 17.1 Å². The van der Waals surface area contributed by atoms with Crippen molar-refractivity contribution in [3.63, 3.8) is 0 Å². The summed E-state index contributed by atoms with van der Waals surface area (Å²) in [7, 11) is 1.65. The van der Waals surface area contributed by atoms with Gasteiger partial charge in [0.15, 0.2) is 11.0 Å². The Kier molecular flexibility index (Phi) is 5.81. The predicted octanol–water partition coefficient (Wildman–Crippen LogP) is 4.60. The molecule has 1 unspecified atom stereocenters. The summed E-state index contributed by atoms with van der Waals surface area (Å²) in [5.74, 6) is 2.02. The molecule has 30 heavy (non-hydrogen) atoms. The van der Waals surface area contributed by atoms with E-state index in [0.717, 1.165) is 34.4 Å². The first-order valence-electron chi connectivity index (χ1n) is 10.1. The molecule has 0 bridgehead atoms. The predicted molar refractivity (Wildman–Crippen MR) is 120 cm³/mol. The van der Waals surface area contributed by atoms with Crippen LogP contribution in [0.5, 0.6) is 5.75 Å². The summed E-state index contributed by atoms with van der Waals surface area (Å²) in [5.41, 5.74) is 3.23. The van der Waals surface area contributed by atoms with Gasteiger partial charge in [0.1, 0.15) is 5.75 Å². The third-order valence-corrected chi connectivity index (χ3v) is 6.26. The molecule has 6 nitrogen and oxygen atoms in total. The Labute approximate surface area is 181 Å². The van der Waals surface area contributed by atoms with E-state index >= 15 is 0 Å². The summed E-state index contributed by atoms with van der Waals surface area (Å²) in [6.45, 7) is 6.29. The van der Waals surface area contributed by atoms with Gasteiger partial charge in [0.05, 0.1) is 12.9 Å². The number of ether oxygens (including phenoxy) is 1. The van der Waals surface area contributed by atoms with Crippen molar-refractivity contribution < 1.29 is 9.53 Å². The zero-order valence-corrected chi connectivity index (χ0v) is 18.5. The van der Waals surface area contributed by atoms with Gasteiger partial charge in [-0.25, -0.2) is 0 Å². The zero-order chi connectivity index (χ0) is 21.3. The molecule has 4 rings (SSSR count). The number of fused-ring (bicyclic) bond motifs is 1. The topological polar surface area (TPSA) is 60.3 Å². The van der Waals surface area contributed by atoms with Gasteiger partial charge in [0.25, 0.3) is 0 Å². The lowest BCUT2D eigenvalue weighted by Gasteiger charge is -2.22. The lowest BCUT2D eigenvalue weighted by Crippen LogP contribution is -2.37. The first-order chi connectivity index (χ1) is 14.5. The number of hydrogen-bond acceptors (Lipinski definition) is 5. The van der Waals surface area contributed by atoms with Gasteiger partial charge >= 0.3 is 0 Å². The van der Waals surface area contributed by atoms with Gasteiger partial charge in [-0.3, -0.25) is 9.36 Å². The van der Waals surface area contributed by atoms with Crippen molar-refractivity contribution in [1.82, 2.24) is 14.8 Å². The van der Waals surface area contributed by atoms with E-state index in [-0.39, 0.29) is 18.0 Å². The molecule has 0 saturated carbocycles. The Morgan fingerprint density at radius 1 is 1.17 bits per heavy atom. The number of aromatic nitrogens is 3. The van der Waals surface area contributed by atoms with Crippen LogP contribution >= 0.6 is 11.8 Å². The highest BCUT2D eigenvalue weighted by Crippen LogP contribution is 2.34. The molecule has 0 aliphatic carbocycles. The fourth-order valence-electron chi connectivity index (χ4n) is 3.92. The molecule has 3 aromatic rings. The quantitative estimate of drug-likeness (QED) is 0.543. The van der Waals surface area contributed by atoms with Crippen LogP contribution in [0.4, 0.5) is 5.69 Å². The van der Waals surface area contributed by atoms with Crippen LogP contribution in [0.3, 0.4) is 0 Å². The van der Waals surface area contributed by atoms with Gasteiger partial charge in [-0.15, -0.1) is 10.2 Å². The molecular weight excluding hydrogens is 396 g/mol. The molecule has 1 atom stereocenters. The smallest absolute Gasteiger partial charge is 0.237 e. The van der Waals surface area contributed by atoms with Crippen molar-refractivity contribution in [2.75, 3.05) is 17.8 Å². The Bertz CT molecular complexity index is 1050. The fraction of sp³-hybridized carbons (Fsp3) is 0.348. The first-order valence-corrected chi connectivity index (χ1v) is 11.1. The van der Waals surface area contributed by atoms with Crippen LogP contribution in [0.25, 0.3) is 11.4 Å². The van der Waals surface area contributed by atoms with Crippen LogP contribution in [-0.4, -0.2) is 39.6 Å². The average molecular weight is 423 g/mol. The minimum absolute atomic E-state index is 0.0988. The van der Waals surface area contributed by atoms with Crippen molar-refractivity contribution in [2.45, 2.75) is 44.4 Å². The molecule has 0 N–H and O–H groups in total. The minimum atomic E-state index is 0.0988. The number of carbonyl (C=O) groups excluding carboxylic acids is 1. The second kappa shape index (κ2) is 8.52. The molecule has 156 valence electrons. The molecule has 1 aliphatic heterocycles. The third kappa shape index (κ3) is 3.81. The normalized spacial score (nSPS) is 15.5. The summed E-state index contributed by atoms with van der Waals surface area (Å²) in [4.78, 5) is 15.0. The highest BCUT2D eigenvalue weighted by atomic mass is 32.2. The van der Waals surface area contributed by atoms with Gasteiger partial charge in [0.2, 0.25) is 5.91 Å². The molecule has 0 saturated heterocycles. The highest BCUT2D eigenvalue weighted by Gasteiger charge is 2.30. The number of nitrogens with zero attached hydrogens (tertiary/aromatic N) is 4. The van der Waals surface area contributed by atoms with Crippen molar-refractivity contribution >= 4 is 23.4 Å². The molecule has 7 heteroatoms. The minimum Gasteiger partial charge on any atom is -0.497 e. The third-order valence-electron chi connectivity index (χ3n) is 5.33. The van der Waals surface area contributed by atoms with Crippen molar-refractivity contribution in [2.24, 2.45) is 0 Å². The first kappa shape index (κ1) is 20.5. The number of amides is 1. The van der Waals surface area contributed by atoms with Crippen molar-refractivity contribution in [1.29, 1.82) is 0 Å². The largest absolute Gasteiger partial charge is 0.497 e. The lowest BCUT2D eigenvalue weighted by molar-refractivity contribution is -0.116. The number of benzene rings is 2. The second-order valence-electron chi connectivity index (χ2n) is 7.73. The van der Waals surface area contributed by atoms with E-state index in [2.05, 4.69) is 41.6 Å². The molecule has 2 aromatic carbocycles. The lowest BCUT2D eigenvalue weighted by atomic mass is 10.1. The van der Waals surface area contributed by atoms with E-state index in [1.807, 2.05) is 47.4 Å². The number of anilines is 1. The summed E-state index contributed by atoms with van der Waals surface area (Å²) < 4.78 is 7.33. The van der Waals surface area contributed by atoms with Crippen LogP contribution in [-0.2, 0) is 11.2 Å². The van der Waals surface area contributed by atoms with Gasteiger partial charge in [-0.2, -0.15) is 0 Å². The standard InChI is InChI=1S/C23H26N4O2S/c1-15(2)26-22(17-9-11-19(29-4)12-10-17)24-25-23(26)30-14-21(28)27-16(3)13-18-7-5-6-8-20(18)27/h5-12,15-16H,13-14H2,1-4H3. The average Bonchev–Trinajstić information content (AvgIpc) is 3.32. The Balaban J connectivity index is 1.54. The second-order valence-corrected chi connectivity index (χ2v) is 8.68. The fourth-order valence-corrected chi connectivity index (χ4v) is 4.85. The van der Waals surface area contributed by atoms with Crippen LogP contribution < -0.4 is 9.64 Å². The summed E-state index contributed by atoms with van der Waals surface area (Å²) in [6, 6.07) is 16.3. The van der Waals surface area contributed by atoms with E-state index in [4.69, 9.17) is 4.74 Å². The molecule has 0 spiro atoms. The van der Waals surface area contributed by atoms with E-state index in [9.17, 15) is 4.79 Å². The molecule has 0 radical (unpaired) electrons. The molecule has 1 aromatic heterocycles. The molecule has 1 amide bonds. The zero-order valence-electron chi connectivity index (χ0n) is 17.7. The van der Waals surface area contributed by atoms with E-state index in [1.54, 1.807) is 7.11 Å². The monoisotopic (exact) mass is 422 g/mol. The number of carbonyl (C=O) groups is 1. The number of rotatable bonds is 6. The maximum absolute atomic E-state index is 13.1. The van der Waals surface area contributed by atoms with Gasteiger partial charge in [-0.1, -0.05) is 30.0 Å². The Morgan fingerprint density at radius 2 is 1.90 bits per heavy atom. The van der Waals surface area contributed by atoms with E-state index < -0.39 is 0 Å². The van der Waals surface area contributed by atoms with Gasteiger partial charge in [-0.05, 0) is 63.1 Å². The van der Waals surface area contributed by atoms with Gasteiger partial charge < -0.3 is 9.64 Å². The van der Waals surface area contributed by atoms with E-state index in [0.29, 0.717) is 5.75 Å². The highest BCUT2D eigenvalue weighted by molar-refractivity contribution is 7.99. The SMILES string of the molecule is COc1ccc(-c2nnc(SCC(=O)N3c4ccccc4CC3C)n2C(C)C)cc1. The number of para-hydroxylation sites is 1. The number of hydrogen-bond donors (Lipinski definition) is 0. The van der Waals surface area contributed by atoms with Crippen LogP contribution in [0, 0.1) is 0 Å². The molecule has 0 fully saturated rings. The van der Waals surface area contributed by atoms with Gasteiger partial charge in [0, 0.05) is 23.3 Å². The Hall–Kier alpha value is -2.80.